The Kier molecular flexibility index (Phi) is 4.77. The second-order valence-corrected chi connectivity index (χ2v) is 4.53. The highest BCUT2D eigenvalue weighted by Gasteiger charge is 2.10. The largest absolute Gasteiger partial charge is 0.394 e. The molecule has 1 amide bonds. The lowest BCUT2D eigenvalue weighted by atomic mass is 10.1. The van der Waals surface area contributed by atoms with Crippen molar-refractivity contribution >= 4 is 17.1 Å². The molecule has 0 saturated heterocycles. The van der Waals surface area contributed by atoms with Crippen LogP contribution in [0, 0.1) is 0 Å². The number of carbonyl (C=O) groups is 1. The highest BCUT2D eigenvalue weighted by molar-refractivity contribution is 5.92. The molecule has 0 saturated carbocycles. The van der Waals surface area contributed by atoms with E-state index in [1.807, 2.05) is 62.0 Å². The van der Waals surface area contributed by atoms with Crippen LogP contribution in [0.15, 0.2) is 42.9 Å². The van der Waals surface area contributed by atoms with Crippen LogP contribution >= 0.6 is 0 Å². The van der Waals surface area contributed by atoms with E-state index in [0.717, 1.165) is 16.8 Å². The van der Waals surface area contributed by atoms with E-state index in [4.69, 9.17) is 0 Å². The maximum atomic E-state index is 11.8. The number of allylic oxidation sites excluding steroid dienone is 3. The van der Waals surface area contributed by atoms with Crippen LogP contribution in [0.4, 0.5) is 0 Å². The van der Waals surface area contributed by atoms with Gasteiger partial charge in [0.1, 0.15) is 11.3 Å². The first-order valence-electron chi connectivity index (χ1n) is 6.97. The van der Waals surface area contributed by atoms with Crippen molar-refractivity contribution in [2.45, 2.75) is 13.8 Å². The van der Waals surface area contributed by atoms with Crippen molar-refractivity contribution in [1.82, 2.24) is 20.0 Å². The van der Waals surface area contributed by atoms with Crippen molar-refractivity contribution in [2.75, 3.05) is 13.6 Å². The average molecular weight is 284 g/mol. The second-order valence-electron chi connectivity index (χ2n) is 4.53. The lowest BCUT2D eigenvalue weighted by Crippen LogP contribution is -2.22. The minimum absolute atomic E-state index is 0.149. The Hall–Kier alpha value is -2.56. The molecule has 0 aromatic carbocycles. The topological polar surface area (TPSA) is 58.4 Å². The summed E-state index contributed by atoms with van der Waals surface area (Å²) in [6.45, 7) is 4.47. The molecule has 2 rings (SSSR count). The first-order chi connectivity index (χ1) is 10.2. The number of amides is 1. The quantitative estimate of drug-likeness (QED) is 0.828. The van der Waals surface area contributed by atoms with Crippen molar-refractivity contribution < 1.29 is 4.79 Å². The van der Waals surface area contributed by atoms with Gasteiger partial charge in [-0.2, -0.15) is 0 Å². The molecule has 21 heavy (non-hydrogen) atoms. The fourth-order valence-electron chi connectivity index (χ4n) is 2.06. The third kappa shape index (κ3) is 3.31. The predicted octanol–water partition coefficient (Wildman–Crippen LogP) is 2.22. The molecule has 0 radical (unpaired) electrons. The molecule has 0 fully saturated rings. The highest BCUT2D eigenvalue weighted by atomic mass is 16.1. The van der Waals surface area contributed by atoms with E-state index in [9.17, 15) is 4.79 Å². The number of nitrogens with zero attached hydrogens (tertiary/aromatic N) is 2. The molecule has 110 valence electrons. The van der Waals surface area contributed by atoms with E-state index >= 15 is 0 Å². The summed E-state index contributed by atoms with van der Waals surface area (Å²) in [5, 5.41) is 5.73. The third-order valence-corrected chi connectivity index (χ3v) is 3.09. The van der Waals surface area contributed by atoms with E-state index < -0.39 is 0 Å². The number of pyridine rings is 1. The number of fused-ring (bicyclic) bond motifs is 1. The Labute approximate surface area is 124 Å². The van der Waals surface area contributed by atoms with Gasteiger partial charge in [-0.25, -0.2) is 4.98 Å². The van der Waals surface area contributed by atoms with Gasteiger partial charge in [-0.1, -0.05) is 6.08 Å². The summed E-state index contributed by atoms with van der Waals surface area (Å²) >= 11 is 0. The van der Waals surface area contributed by atoms with Crippen LogP contribution in [-0.2, 0) is 0 Å². The monoisotopic (exact) mass is 284 g/mol. The van der Waals surface area contributed by atoms with Gasteiger partial charge in [-0.05, 0) is 49.4 Å². The van der Waals surface area contributed by atoms with Crippen LogP contribution in [0.5, 0.6) is 0 Å². The predicted molar refractivity (Wildman–Crippen MR) is 85.0 cm³/mol. The highest BCUT2D eigenvalue weighted by Crippen LogP contribution is 2.17. The van der Waals surface area contributed by atoms with Crippen molar-refractivity contribution in [3.05, 3.63) is 54.1 Å². The van der Waals surface area contributed by atoms with Gasteiger partial charge in [-0.3, -0.25) is 4.79 Å². The molecule has 0 aliphatic carbocycles. The first-order valence-corrected chi connectivity index (χ1v) is 6.97. The molecule has 5 heteroatoms. The lowest BCUT2D eigenvalue weighted by molar-refractivity contribution is 0.0951. The Balaban J connectivity index is 2.37. The maximum absolute atomic E-state index is 11.8. The number of rotatable bonds is 5. The van der Waals surface area contributed by atoms with Gasteiger partial charge < -0.3 is 15.0 Å². The number of imidazole rings is 1. The van der Waals surface area contributed by atoms with Gasteiger partial charge in [0.15, 0.2) is 0 Å². The van der Waals surface area contributed by atoms with Gasteiger partial charge in [0.2, 0.25) is 0 Å². The summed E-state index contributed by atoms with van der Waals surface area (Å²) < 4.78 is 1.87. The van der Waals surface area contributed by atoms with Crippen LogP contribution in [0.1, 0.15) is 29.9 Å². The van der Waals surface area contributed by atoms with Gasteiger partial charge in [0, 0.05) is 26.0 Å². The number of nitrogens with one attached hydrogen (secondary N) is 2. The second kappa shape index (κ2) is 6.74. The van der Waals surface area contributed by atoms with Crippen molar-refractivity contribution in [1.29, 1.82) is 0 Å². The van der Waals surface area contributed by atoms with Crippen LogP contribution < -0.4 is 10.6 Å². The smallest absolute Gasteiger partial charge is 0.271 e. The summed E-state index contributed by atoms with van der Waals surface area (Å²) in [7, 11) is 1.86. The number of carbonyl (C=O) groups excluding carboxylic acids is 1. The molecule has 0 unspecified atom stereocenters. The van der Waals surface area contributed by atoms with E-state index in [1.54, 1.807) is 6.20 Å². The molecule has 0 spiro atoms. The summed E-state index contributed by atoms with van der Waals surface area (Å²) in [4.78, 5) is 16.1. The molecule has 2 aromatic heterocycles. The molecule has 2 N–H and O–H groups in total. The normalized spacial score (nSPS) is 12.0. The van der Waals surface area contributed by atoms with Gasteiger partial charge in [0.05, 0.1) is 0 Å². The lowest BCUT2D eigenvalue weighted by Gasteiger charge is -2.03. The standard InChI is InChI=1S/C16H20N4O/c1-4-12(8-9-17-3)13-6-7-15-19-14(11-20(15)10-13)16(21)18-5-2/h4,6-11,17H,5H2,1-3H3,(H,18,21)/b9-8-,12-4+. The Morgan fingerprint density at radius 3 is 2.86 bits per heavy atom. The van der Waals surface area contributed by atoms with E-state index in [1.165, 1.54) is 0 Å². The Morgan fingerprint density at radius 1 is 1.38 bits per heavy atom. The van der Waals surface area contributed by atoms with Crippen LogP contribution in [0.3, 0.4) is 0 Å². The average Bonchev–Trinajstić information content (AvgIpc) is 2.91. The fraction of sp³-hybridized carbons (Fsp3) is 0.250. The zero-order valence-corrected chi connectivity index (χ0v) is 12.6. The number of hydrogen-bond donors (Lipinski definition) is 2. The molecule has 0 aliphatic heterocycles. The summed E-state index contributed by atoms with van der Waals surface area (Å²) in [5.41, 5.74) is 3.35. The molecule has 5 nitrogen and oxygen atoms in total. The van der Waals surface area contributed by atoms with Crippen molar-refractivity contribution in [2.24, 2.45) is 0 Å². The third-order valence-electron chi connectivity index (χ3n) is 3.09. The zero-order valence-electron chi connectivity index (χ0n) is 12.6. The Morgan fingerprint density at radius 2 is 2.19 bits per heavy atom. The number of hydrogen-bond acceptors (Lipinski definition) is 3. The van der Waals surface area contributed by atoms with Gasteiger partial charge >= 0.3 is 0 Å². The van der Waals surface area contributed by atoms with E-state index in [-0.39, 0.29) is 5.91 Å². The summed E-state index contributed by atoms with van der Waals surface area (Å²) in [6.07, 6.45) is 9.65. The van der Waals surface area contributed by atoms with E-state index in [2.05, 4.69) is 15.6 Å². The summed E-state index contributed by atoms with van der Waals surface area (Å²) in [6, 6.07) is 3.91. The molecule has 0 atom stereocenters. The van der Waals surface area contributed by atoms with Gasteiger partial charge in [-0.15, -0.1) is 0 Å². The van der Waals surface area contributed by atoms with Crippen molar-refractivity contribution in [3.63, 3.8) is 0 Å². The number of aromatic nitrogens is 2. The SMILES string of the molecule is C/C=C(\C=C/NC)c1ccc2nc(C(=O)NCC)cn2c1. The minimum atomic E-state index is -0.149. The maximum Gasteiger partial charge on any atom is 0.271 e. The van der Waals surface area contributed by atoms with Crippen molar-refractivity contribution in [3.8, 4) is 0 Å². The molecule has 2 heterocycles. The molecular formula is C16H20N4O. The Bertz CT molecular complexity index is 697. The van der Waals surface area contributed by atoms with Crippen LogP contribution in [0.25, 0.3) is 11.2 Å². The first kappa shape index (κ1) is 14.8. The van der Waals surface area contributed by atoms with Crippen LogP contribution in [-0.4, -0.2) is 28.9 Å². The fourth-order valence-corrected chi connectivity index (χ4v) is 2.06. The zero-order chi connectivity index (χ0) is 15.2. The molecule has 0 bridgehead atoms. The molecular weight excluding hydrogens is 264 g/mol. The minimum Gasteiger partial charge on any atom is -0.394 e. The van der Waals surface area contributed by atoms with Crippen LogP contribution in [0.2, 0.25) is 0 Å². The van der Waals surface area contributed by atoms with Gasteiger partial charge in [0.25, 0.3) is 5.91 Å². The molecule has 2 aromatic rings. The summed E-state index contributed by atoms with van der Waals surface area (Å²) in [5.74, 6) is -0.149. The van der Waals surface area contributed by atoms with E-state index in [0.29, 0.717) is 12.2 Å². The molecule has 0 aliphatic rings.